The van der Waals surface area contributed by atoms with E-state index >= 15 is 0 Å². The van der Waals surface area contributed by atoms with Crippen LogP contribution in [0.5, 0.6) is 11.5 Å². The van der Waals surface area contributed by atoms with Crippen molar-refractivity contribution in [3.63, 3.8) is 0 Å². The Bertz CT molecular complexity index is 637. The van der Waals surface area contributed by atoms with Crippen molar-refractivity contribution in [2.24, 2.45) is 0 Å². The number of urea groups is 1. The fourth-order valence-corrected chi connectivity index (χ4v) is 3.88. The predicted molar refractivity (Wildman–Crippen MR) is 93.2 cm³/mol. The Hall–Kier alpha value is -1.99. The second-order valence-corrected chi connectivity index (χ2v) is 6.82. The molecular weight excluding hydrogens is 322 g/mol. The number of hydrogen-bond acceptors (Lipinski definition) is 5. The number of fused-ring (bicyclic) bond motifs is 2. The van der Waals surface area contributed by atoms with Gasteiger partial charge in [0.1, 0.15) is 0 Å². The SMILES string of the molecule is CCC[C@H]1COC[C@H]2CN(C(=O)Nc3ccc4c(c3)OCO4)CCN12. The largest absolute Gasteiger partial charge is 0.454 e. The minimum Gasteiger partial charge on any atom is -0.454 e. The lowest BCUT2D eigenvalue weighted by atomic mass is 10.0. The van der Waals surface area contributed by atoms with Crippen molar-refractivity contribution in [1.29, 1.82) is 0 Å². The van der Waals surface area contributed by atoms with Crippen LogP contribution >= 0.6 is 0 Å². The summed E-state index contributed by atoms with van der Waals surface area (Å²) < 4.78 is 16.4. The van der Waals surface area contributed by atoms with Crippen molar-refractivity contribution < 1.29 is 19.0 Å². The van der Waals surface area contributed by atoms with Crippen molar-refractivity contribution >= 4 is 11.7 Å². The van der Waals surface area contributed by atoms with Gasteiger partial charge in [0.15, 0.2) is 11.5 Å². The van der Waals surface area contributed by atoms with E-state index in [0.29, 0.717) is 36.7 Å². The van der Waals surface area contributed by atoms with E-state index in [2.05, 4.69) is 17.1 Å². The molecule has 0 bridgehead atoms. The Labute approximate surface area is 147 Å². The second-order valence-electron chi connectivity index (χ2n) is 6.82. The summed E-state index contributed by atoms with van der Waals surface area (Å²) in [5.41, 5.74) is 0.723. The van der Waals surface area contributed by atoms with Gasteiger partial charge in [-0.05, 0) is 18.6 Å². The van der Waals surface area contributed by atoms with Gasteiger partial charge >= 0.3 is 6.03 Å². The molecular formula is C18H25N3O4. The first-order valence-electron chi connectivity index (χ1n) is 9.03. The molecule has 1 aromatic carbocycles. The van der Waals surface area contributed by atoms with Crippen LogP contribution in [0.2, 0.25) is 0 Å². The van der Waals surface area contributed by atoms with Gasteiger partial charge in [-0.3, -0.25) is 4.90 Å². The lowest BCUT2D eigenvalue weighted by Crippen LogP contribution is -2.63. The number of anilines is 1. The maximum atomic E-state index is 12.6. The van der Waals surface area contributed by atoms with E-state index in [1.807, 2.05) is 17.0 Å². The van der Waals surface area contributed by atoms with Gasteiger partial charge in [0.05, 0.1) is 19.3 Å². The number of nitrogens with zero attached hydrogens (tertiary/aromatic N) is 2. The first kappa shape index (κ1) is 16.5. The van der Waals surface area contributed by atoms with Gasteiger partial charge in [0.25, 0.3) is 0 Å². The summed E-state index contributed by atoms with van der Waals surface area (Å²) in [6.45, 7) is 6.31. The number of nitrogens with one attached hydrogen (secondary N) is 1. The maximum Gasteiger partial charge on any atom is 0.321 e. The molecule has 3 heterocycles. The van der Waals surface area contributed by atoms with E-state index in [1.54, 1.807) is 6.07 Å². The Balaban J connectivity index is 1.37. The second kappa shape index (κ2) is 7.09. The number of carbonyl (C=O) groups excluding carboxylic acids is 1. The minimum atomic E-state index is -0.0730. The predicted octanol–water partition coefficient (Wildman–Crippen LogP) is 2.13. The quantitative estimate of drug-likeness (QED) is 0.908. The molecule has 2 saturated heterocycles. The standard InChI is InChI=1S/C18H25N3O4/c1-2-3-14-10-23-11-15-9-20(6-7-21(14)15)18(22)19-13-4-5-16-17(8-13)25-12-24-16/h4-5,8,14-15H,2-3,6-7,9-12H2,1H3,(H,19,22)/t14-,15+/m0/s1. The van der Waals surface area contributed by atoms with E-state index in [-0.39, 0.29) is 12.8 Å². The summed E-state index contributed by atoms with van der Waals surface area (Å²) in [5.74, 6) is 1.39. The van der Waals surface area contributed by atoms with Gasteiger partial charge in [-0.25, -0.2) is 4.79 Å². The maximum absolute atomic E-state index is 12.6. The molecule has 136 valence electrons. The summed E-state index contributed by atoms with van der Waals surface area (Å²) in [5, 5.41) is 2.97. The molecule has 25 heavy (non-hydrogen) atoms. The molecule has 3 aliphatic rings. The van der Waals surface area contributed by atoms with Crippen LogP contribution in [-0.2, 0) is 4.74 Å². The van der Waals surface area contributed by atoms with Crippen LogP contribution in [0.4, 0.5) is 10.5 Å². The van der Waals surface area contributed by atoms with E-state index in [1.165, 1.54) is 0 Å². The zero-order valence-corrected chi connectivity index (χ0v) is 14.6. The number of amides is 2. The smallest absolute Gasteiger partial charge is 0.321 e. The van der Waals surface area contributed by atoms with Crippen LogP contribution in [0.25, 0.3) is 0 Å². The normalized spacial score (nSPS) is 25.6. The number of rotatable bonds is 3. The van der Waals surface area contributed by atoms with Crippen LogP contribution in [0, 0.1) is 0 Å². The van der Waals surface area contributed by atoms with Crippen LogP contribution < -0.4 is 14.8 Å². The lowest BCUT2D eigenvalue weighted by molar-refractivity contribution is -0.0755. The minimum absolute atomic E-state index is 0.0730. The summed E-state index contributed by atoms with van der Waals surface area (Å²) in [7, 11) is 0. The fraction of sp³-hybridized carbons (Fsp3) is 0.611. The number of carbonyl (C=O) groups is 1. The molecule has 2 atom stereocenters. The molecule has 7 nitrogen and oxygen atoms in total. The molecule has 2 fully saturated rings. The van der Waals surface area contributed by atoms with Crippen LogP contribution in [0.15, 0.2) is 18.2 Å². The summed E-state index contributed by atoms with van der Waals surface area (Å²) >= 11 is 0. The van der Waals surface area contributed by atoms with Gasteiger partial charge in [0.2, 0.25) is 6.79 Å². The molecule has 3 aliphatic heterocycles. The van der Waals surface area contributed by atoms with Crippen molar-refractivity contribution in [3.05, 3.63) is 18.2 Å². The van der Waals surface area contributed by atoms with Crippen molar-refractivity contribution in [1.82, 2.24) is 9.80 Å². The summed E-state index contributed by atoms with van der Waals surface area (Å²) in [4.78, 5) is 17.0. The Morgan fingerprint density at radius 1 is 1.24 bits per heavy atom. The first-order chi connectivity index (χ1) is 12.2. The highest BCUT2D eigenvalue weighted by atomic mass is 16.7. The molecule has 0 spiro atoms. The van der Waals surface area contributed by atoms with Gasteiger partial charge in [-0.15, -0.1) is 0 Å². The van der Waals surface area contributed by atoms with Crippen molar-refractivity contribution in [2.75, 3.05) is 45.0 Å². The average Bonchev–Trinajstić information content (AvgIpc) is 3.09. The number of ether oxygens (including phenoxy) is 3. The molecule has 0 aromatic heterocycles. The third-order valence-corrected chi connectivity index (χ3v) is 5.15. The number of piperazine rings is 1. The Morgan fingerprint density at radius 3 is 3.00 bits per heavy atom. The van der Waals surface area contributed by atoms with Crippen LogP contribution in [0.1, 0.15) is 19.8 Å². The van der Waals surface area contributed by atoms with E-state index in [4.69, 9.17) is 14.2 Å². The lowest BCUT2D eigenvalue weighted by Gasteiger charge is -2.47. The highest BCUT2D eigenvalue weighted by Crippen LogP contribution is 2.34. The number of morpholine rings is 1. The molecule has 4 rings (SSSR count). The summed E-state index contributed by atoms with van der Waals surface area (Å²) in [6.07, 6.45) is 2.31. The topological polar surface area (TPSA) is 63.3 Å². The number of benzene rings is 1. The molecule has 0 unspecified atom stereocenters. The molecule has 7 heteroatoms. The summed E-state index contributed by atoms with van der Waals surface area (Å²) in [6, 6.07) is 6.17. The fourth-order valence-electron chi connectivity index (χ4n) is 3.88. The average molecular weight is 347 g/mol. The van der Waals surface area contributed by atoms with Crippen molar-refractivity contribution in [2.45, 2.75) is 31.8 Å². The zero-order valence-electron chi connectivity index (χ0n) is 14.6. The van der Waals surface area contributed by atoms with E-state index in [9.17, 15) is 4.79 Å². The van der Waals surface area contributed by atoms with Gasteiger partial charge in [-0.2, -0.15) is 0 Å². The first-order valence-corrected chi connectivity index (χ1v) is 9.03. The highest BCUT2D eigenvalue weighted by Gasteiger charge is 2.36. The van der Waals surface area contributed by atoms with Crippen LogP contribution in [-0.4, -0.2) is 67.6 Å². The molecule has 0 saturated carbocycles. The monoisotopic (exact) mass is 347 g/mol. The third-order valence-electron chi connectivity index (χ3n) is 5.15. The van der Waals surface area contributed by atoms with E-state index < -0.39 is 0 Å². The van der Waals surface area contributed by atoms with Crippen molar-refractivity contribution in [3.8, 4) is 11.5 Å². The molecule has 0 aliphatic carbocycles. The van der Waals surface area contributed by atoms with Crippen LogP contribution in [0.3, 0.4) is 0 Å². The highest BCUT2D eigenvalue weighted by molar-refractivity contribution is 5.89. The van der Waals surface area contributed by atoms with Gasteiger partial charge in [-0.1, -0.05) is 13.3 Å². The molecule has 0 radical (unpaired) electrons. The third kappa shape index (κ3) is 3.39. The molecule has 2 amide bonds. The zero-order chi connectivity index (χ0) is 17.2. The van der Waals surface area contributed by atoms with Gasteiger partial charge in [0, 0.05) is 37.4 Å². The van der Waals surface area contributed by atoms with Gasteiger partial charge < -0.3 is 24.4 Å². The van der Waals surface area contributed by atoms with E-state index in [0.717, 1.165) is 38.2 Å². The Kier molecular flexibility index (Phi) is 4.67. The number of hydrogen-bond donors (Lipinski definition) is 1. The Morgan fingerprint density at radius 2 is 2.12 bits per heavy atom. The molecule has 1 aromatic rings. The molecule has 1 N–H and O–H groups in total.